The van der Waals surface area contributed by atoms with Gasteiger partial charge in [0.15, 0.2) is 17.5 Å². The van der Waals surface area contributed by atoms with Crippen molar-refractivity contribution in [2.75, 3.05) is 39.9 Å². The highest BCUT2D eigenvalue weighted by atomic mass is 16.5. The summed E-state index contributed by atoms with van der Waals surface area (Å²) in [4.78, 5) is 7.25. The third-order valence-corrected chi connectivity index (χ3v) is 5.21. The van der Waals surface area contributed by atoms with E-state index in [0.29, 0.717) is 13.2 Å². The first-order chi connectivity index (χ1) is 14.7. The number of benzene rings is 1. The Bertz CT molecular complexity index is 786. The summed E-state index contributed by atoms with van der Waals surface area (Å²) in [5.74, 6) is 3.28. The molecule has 1 fully saturated rings. The SMILES string of the molecule is CCNC(=NCc1ccc(OC)c(OCC)c1)NCC(c1ccco1)N1CCCC1. The molecule has 7 heteroatoms. The van der Waals surface area contributed by atoms with Gasteiger partial charge in [-0.3, -0.25) is 4.90 Å². The van der Waals surface area contributed by atoms with Crippen LogP contribution in [0.2, 0.25) is 0 Å². The smallest absolute Gasteiger partial charge is 0.191 e. The molecule has 1 aliphatic rings. The molecule has 30 heavy (non-hydrogen) atoms. The summed E-state index contributed by atoms with van der Waals surface area (Å²) in [6, 6.07) is 10.2. The summed E-state index contributed by atoms with van der Waals surface area (Å²) in [6.07, 6.45) is 4.23. The topological polar surface area (TPSA) is 71.3 Å². The second-order valence-corrected chi connectivity index (χ2v) is 7.27. The van der Waals surface area contributed by atoms with Crippen LogP contribution in [-0.2, 0) is 6.54 Å². The molecule has 0 bridgehead atoms. The molecule has 2 heterocycles. The predicted octanol–water partition coefficient (Wildman–Crippen LogP) is 3.58. The molecule has 0 aliphatic carbocycles. The average Bonchev–Trinajstić information content (AvgIpc) is 3.47. The third kappa shape index (κ3) is 5.92. The number of hydrogen-bond donors (Lipinski definition) is 2. The fourth-order valence-corrected chi connectivity index (χ4v) is 3.74. The fraction of sp³-hybridized carbons (Fsp3) is 0.522. The summed E-state index contributed by atoms with van der Waals surface area (Å²) < 4.78 is 16.8. The highest BCUT2D eigenvalue weighted by Crippen LogP contribution is 2.28. The molecule has 1 saturated heterocycles. The number of furan rings is 1. The maximum absolute atomic E-state index is 5.72. The summed E-state index contributed by atoms with van der Waals surface area (Å²) in [7, 11) is 1.65. The van der Waals surface area contributed by atoms with Gasteiger partial charge >= 0.3 is 0 Å². The second kappa shape index (κ2) is 11.5. The van der Waals surface area contributed by atoms with Crippen LogP contribution in [0.4, 0.5) is 0 Å². The summed E-state index contributed by atoms with van der Waals surface area (Å²) >= 11 is 0. The number of methoxy groups -OCH3 is 1. The van der Waals surface area contributed by atoms with Crippen molar-refractivity contribution in [3.05, 3.63) is 47.9 Å². The van der Waals surface area contributed by atoms with Crippen LogP contribution in [0.5, 0.6) is 11.5 Å². The van der Waals surface area contributed by atoms with Crippen LogP contribution in [-0.4, -0.2) is 50.8 Å². The minimum atomic E-state index is 0.205. The van der Waals surface area contributed by atoms with Crippen molar-refractivity contribution in [3.63, 3.8) is 0 Å². The quantitative estimate of drug-likeness (QED) is 0.457. The van der Waals surface area contributed by atoms with Crippen molar-refractivity contribution < 1.29 is 13.9 Å². The lowest BCUT2D eigenvalue weighted by Crippen LogP contribution is -2.42. The van der Waals surface area contributed by atoms with E-state index in [1.807, 2.05) is 31.2 Å². The largest absolute Gasteiger partial charge is 0.493 e. The van der Waals surface area contributed by atoms with Crippen molar-refractivity contribution >= 4 is 5.96 Å². The molecule has 3 rings (SSSR count). The Morgan fingerprint density at radius 3 is 2.67 bits per heavy atom. The van der Waals surface area contributed by atoms with Crippen LogP contribution >= 0.6 is 0 Å². The van der Waals surface area contributed by atoms with E-state index in [4.69, 9.17) is 18.9 Å². The van der Waals surface area contributed by atoms with E-state index >= 15 is 0 Å². The fourth-order valence-electron chi connectivity index (χ4n) is 3.74. The van der Waals surface area contributed by atoms with Gasteiger partial charge in [0.25, 0.3) is 0 Å². The van der Waals surface area contributed by atoms with Gasteiger partial charge in [-0.15, -0.1) is 0 Å². The van der Waals surface area contributed by atoms with E-state index in [9.17, 15) is 0 Å². The lowest BCUT2D eigenvalue weighted by atomic mass is 10.2. The number of hydrogen-bond acceptors (Lipinski definition) is 5. The van der Waals surface area contributed by atoms with Crippen LogP contribution in [0.1, 0.15) is 44.1 Å². The number of ether oxygens (including phenoxy) is 2. The van der Waals surface area contributed by atoms with Crippen LogP contribution < -0.4 is 20.1 Å². The molecular weight excluding hydrogens is 380 g/mol. The Morgan fingerprint density at radius 1 is 1.17 bits per heavy atom. The van der Waals surface area contributed by atoms with Gasteiger partial charge in [0, 0.05) is 13.1 Å². The highest BCUT2D eigenvalue weighted by molar-refractivity contribution is 5.79. The zero-order chi connectivity index (χ0) is 21.2. The molecule has 7 nitrogen and oxygen atoms in total. The lowest BCUT2D eigenvalue weighted by Gasteiger charge is -2.26. The van der Waals surface area contributed by atoms with Gasteiger partial charge in [-0.2, -0.15) is 0 Å². The second-order valence-electron chi connectivity index (χ2n) is 7.27. The zero-order valence-electron chi connectivity index (χ0n) is 18.3. The van der Waals surface area contributed by atoms with Crippen LogP contribution in [0.25, 0.3) is 0 Å². The minimum Gasteiger partial charge on any atom is -0.493 e. The normalized spacial score (nSPS) is 15.8. The van der Waals surface area contributed by atoms with E-state index < -0.39 is 0 Å². The van der Waals surface area contributed by atoms with E-state index in [-0.39, 0.29) is 6.04 Å². The monoisotopic (exact) mass is 414 g/mol. The Balaban J connectivity index is 1.67. The van der Waals surface area contributed by atoms with Gasteiger partial charge in [0.1, 0.15) is 5.76 Å². The number of guanidine groups is 1. The molecule has 0 amide bonds. The third-order valence-electron chi connectivity index (χ3n) is 5.21. The first kappa shape index (κ1) is 22.0. The van der Waals surface area contributed by atoms with Crippen LogP contribution in [0, 0.1) is 0 Å². The number of nitrogens with one attached hydrogen (secondary N) is 2. The Labute approximate surface area is 179 Å². The molecule has 0 spiro atoms. The van der Waals surface area contributed by atoms with E-state index in [2.05, 4.69) is 28.5 Å². The number of likely N-dealkylation sites (tertiary alicyclic amines) is 1. The standard InChI is InChI=1S/C23H34N4O3/c1-4-24-23(25-16-18-10-11-21(28-3)22(15-18)29-5-2)26-17-19(20-9-8-14-30-20)27-12-6-7-13-27/h8-11,14-15,19H,4-7,12-13,16-17H2,1-3H3,(H2,24,25,26). The molecule has 1 aliphatic heterocycles. The van der Waals surface area contributed by atoms with Crippen molar-refractivity contribution in [3.8, 4) is 11.5 Å². The Hall–Kier alpha value is -2.67. The summed E-state index contributed by atoms with van der Waals surface area (Å²) in [5.41, 5.74) is 1.07. The van der Waals surface area contributed by atoms with Gasteiger partial charge in [0.2, 0.25) is 0 Å². The zero-order valence-corrected chi connectivity index (χ0v) is 18.3. The number of rotatable bonds is 10. The Morgan fingerprint density at radius 2 is 2.00 bits per heavy atom. The molecular formula is C23H34N4O3. The molecule has 2 N–H and O–H groups in total. The Kier molecular flexibility index (Phi) is 8.44. The van der Waals surface area contributed by atoms with Crippen LogP contribution in [0.3, 0.4) is 0 Å². The van der Waals surface area contributed by atoms with Crippen molar-refractivity contribution in [1.82, 2.24) is 15.5 Å². The molecule has 0 radical (unpaired) electrons. The maximum atomic E-state index is 5.72. The molecule has 1 aromatic heterocycles. The van der Waals surface area contributed by atoms with Gasteiger partial charge in [-0.25, -0.2) is 4.99 Å². The predicted molar refractivity (Wildman–Crippen MR) is 119 cm³/mol. The van der Waals surface area contributed by atoms with Crippen molar-refractivity contribution in [2.45, 2.75) is 39.3 Å². The molecule has 164 valence electrons. The van der Waals surface area contributed by atoms with Crippen molar-refractivity contribution in [2.24, 2.45) is 4.99 Å². The van der Waals surface area contributed by atoms with Gasteiger partial charge in [-0.1, -0.05) is 6.07 Å². The van der Waals surface area contributed by atoms with E-state index in [1.165, 1.54) is 12.8 Å². The minimum absolute atomic E-state index is 0.205. The molecule has 2 aromatic rings. The lowest BCUT2D eigenvalue weighted by molar-refractivity contribution is 0.215. The molecule has 1 unspecified atom stereocenters. The molecule has 1 atom stereocenters. The van der Waals surface area contributed by atoms with E-state index in [0.717, 1.165) is 55.0 Å². The first-order valence-electron chi connectivity index (χ1n) is 10.8. The van der Waals surface area contributed by atoms with Gasteiger partial charge in [0.05, 0.1) is 32.6 Å². The highest BCUT2D eigenvalue weighted by Gasteiger charge is 2.25. The van der Waals surface area contributed by atoms with Crippen molar-refractivity contribution in [1.29, 1.82) is 0 Å². The number of nitrogens with zero attached hydrogens (tertiary/aromatic N) is 2. The van der Waals surface area contributed by atoms with Crippen LogP contribution in [0.15, 0.2) is 46.0 Å². The summed E-state index contributed by atoms with van der Waals surface area (Å²) in [5, 5.41) is 6.84. The average molecular weight is 415 g/mol. The van der Waals surface area contributed by atoms with E-state index in [1.54, 1.807) is 13.4 Å². The summed E-state index contributed by atoms with van der Waals surface area (Å²) in [6.45, 7) is 8.93. The number of aliphatic imine (C=N–C) groups is 1. The molecule has 1 aromatic carbocycles. The first-order valence-corrected chi connectivity index (χ1v) is 10.8. The van der Waals surface area contributed by atoms with Gasteiger partial charge < -0.3 is 24.5 Å². The molecule has 0 saturated carbocycles. The maximum Gasteiger partial charge on any atom is 0.191 e. The van der Waals surface area contributed by atoms with Gasteiger partial charge in [-0.05, 0) is 69.6 Å².